The molecule has 0 spiro atoms. The summed E-state index contributed by atoms with van der Waals surface area (Å²) in [6.45, 7) is 5.76. The zero-order chi connectivity index (χ0) is 13.3. The maximum atomic E-state index is 12.5. The first-order valence-corrected chi connectivity index (χ1v) is 8.15. The van der Waals surface area contributed by atoms with Gasteiger partial charge in [0.1, 0.15) is 0 Å². The van der Waals surface area contributed by atoms with Crippen LogP contribution in [0.15, 0.2) is 27.6 Å². The molecule has 0 aliphatic carbocycles. The minimum absolute atomic E-state index is 0. The molecule has 0 aromatic heterocycles. The molecule has 1 aromatic rings. The number of aryl methyl sites for hydroxylation is 1. The second-order valence-electron chi connectivity index (χ2n) is 4.58. The minimum atomic E-state index is -3.38. The number of piperazine rings is 1. The van der Waals surface area contributed by atoms with E-state index < -0.39 is 10.0 Å². The topological polar surface area (TPSA) is 49.4 Å². The molecule has 7 heteroatoms. The van der Waals surface area contributed by atoms with Gasteiger partial charge in [0.2, 0.25) is 10.0 Å². The maximum absolute atomic E-state index is 12.5. The number of hydrogen-bond acceptors (Lipinski definition) is 3. The standard InChI is InChI=1S/C12H17BrN2O2S.ClH/c1-9-7-11(3-4-12(9)13)18(16,17)15-6-5-14-8-10(15)2;/h3-4,7,10,14H,5-6,8H2,1-2H3;1H/t10-;/m1./s1. The Morgan fingerprint density at radius 3 is 2.68 bits per heavy atom. The molecule has 0 amide bonds. The van der Waals surface area contributed by atoms with E-state index in [0.717, 1.165) is 10.0 Å². The van der Waals surface area contributed by atoms with Crippen LogP contribution in [0.1, 0.15) is 12.5 Å². The Balaban J connectivity index is 0.00000180. The van der Waals surface area contributed by atoms with Crippen molar-refractivity contribution in [1.82, 2.24) is 9.62 Å². The predicted molar refractivity (Wildman–Crippen MR) is 82.4 cm³/mol. The number of rotatable bonds is 2. The lowest BCUT2D eigenvalue weighted by Crippen LogP contribution is -2.52. The van der Waals surface area contributed by atoms with Gasteiger partial charge in [-0.05, 0) is 37.6 Å². The number of nitrogens with zero attached hydrogens (tertiary/aromatic N) is 1. The van der Waals surface area contributed by atoms with Crippen molar-refractivity contribution in [3.05, 3.63) is 28.2 Å². The Labute approximate surface area is 129 Å². The zero-order valence-corrected chi connectivity index (χ0v) is 14.1. The molecule has 1 aliphatic heterocycles. The fraction of sp³-hybridized carbons (Fsp3) is 0.500. The van der Waals surface area contributed by atoms with Gasteiger partial charge in [0.15, 0.2) is 0 Å². The van der Waals surface area contributed by atoms with Gasteiger partial charge in [-0.15, -0.1) is 12.4 Å². The van der Waals surface area contributed by atoms with Gasteiger partial charge >= 0.3 is 0 Å². The summed E-state index contributed by atoms with van der Waals surface area (Å²) in [7, 11) is -3.38. The van der Waals surface area contributed by atoms with Crippen molar-refractivity contribution in [2.24, 2.45) is 0 Å². The number of nitrogens with one attached hydrogen (secondary N) is 1. The van der Waals surface area contributed by atoms with Crippen LogP contribution in [0.2, 0.25) is 0 Å². The highest BCUT2D eigenvalue weighted by Crippen LogP contribution is 2.24. The second kappa shape index (κ2) is 6.54. The monoisotopic (exact) mass is 368 g/mol. The van der Waals surface area contributed by atoms with Crippen molar-refractivity contribution in [3.63, 3.8) is 0 Å². The molecule has 0 bridgehead atoms. The van der Waals surface area contributed by atoms with Crippen molar-refractivity contribution in [1.29, 1.82) is 0 Å². The van der Waals surface area contributed by atoms with Crippen LogP contribution in [-0.4, -0.2) is 38.4 Å². The molecule has 19 heavy (non-hydrogen) atoms. The van der Waals surface area contributed by atoms with E-state index in [1.54, 1.807) is 22.5 Å². The number of hydrogen-bond donors (Lipinski definition) is 1. The average molecular weight is 370 g/mol. The Morgan fingerprint density at radius 1 is 1.42 bits per heavy atom. The Kier molecular flexibility index (Phi) is 5.82. The summed E-state index contributed by atoms with van der Waals surface area (Å²) in [5.41, 5.74) is 0.930. The average Bonchev–Trinajstić information content (AvgIpc) is 2.33. The van der Waals surface area contributed by atoms with E-state index in [-0.39, 0.29) is 18.4 Å². The zero-order valence-electron chi connectivity index (χ0n) is 10.9. The first kappa shape index (κ1) is 16.9. The van der Waals surface area contributed by atoms with E-state index >= 15 is 0 Å². The van der Waals surface area contributed by atoms with Crippen molar-refractivity contribution in [2.75, 3.05) is 19.6 Å². The van der Waals surface area contributed by atoms with Crippen LogP contribution in [0, 0.1) is 6.92 Å². The largest absolute Gasteiger partial charge is 0.314 e. The van der Waals surface area contributed by atoms with Crippen LogP contribution in [0.5, 0.6) is 0 Å². The third-order valence-electron chi connectivity index (χ3n) is 3.18. The molecule has 1 saturated heterocycles. The summed E-state index contributed by atoms with van der Waals surface area (Å²) in [4.78, 5) is 0.372. The Bertz CT molecular complexity index is 551. The van der Waals surface area contributed by atoms with Gasteiger partial charge in [0.05, 0.1) is 4.90 Å². The normalized spacial score (nSPS) is 20.9. The summed E-state index contributed by atoms with van der Waals surface area (Å²) in [6.07, 6.45) is 0. The van der Waals surface area contributed by atoms with E-state index in [1.807, 2.05) is 13.8 Å². The van der Waals surface area contributed by atoms with Crippen molar-refractivity contribution >= 4 is 38.4 Å². The van der Waals surface area contributed by atoms with Crippen LogP contribution in [-0.2, 0) is 10.0 Å². The SMILES string of the molecule is Cc1cc(S(=O)(=O)N2CCNC[C@H]2C)ccc1Br.Cl. The molecule has 1 heterocycles. The number of sulfonamides is 1. The fourth-order valence-electron chi connectivity index (χ4n) is 2.09. The van der Waals surface area contributed by atoms with E-state index in [0.29, 0.717) is 24.5 Å². The first-order valence-electron chi connectivity index (χ1n) is 5.91. The van der Waals surface area contributed by atoms with E-state index in [2.05, 4.69) is 21.2 Å². The highest BCUT2D eigenvalue weighted by atomic mass is 79.9. The number of benzene rings is 1. The molecule has 0 radical (unpaired) electrons. The van der Waals surface area contributed by atoms with Crippen molar-refractivity contribution in [2.45, 2.75) is 24.8 Å². The molecular weight excluding hydrogens is 352 g/mol. The quantitative estimate of drug-likeness (QED) is 0.869. The molecule has 1 aromatic carbocycles. The fourth-order valence-corrected chi connectivity index (χ4v) is 4.06. The van der Waals surface area contributed by atoms with Crippen molar-refractivity contribution in [3.8, 4) is 0 Å². The van der Waals surface area contributed by atoms with E-state index in [9.17, 15) is 8.42 Å². The van der Waals surface area contributed by atoms with Crippen LogP contribution in [0.3, 0.4) is 0 Å². The van der Waals surface area contributed by atoms with E-state index in [4.69, 9.17) is 0 Å². The summed E-state index contributed by atoms with van der Waals surface area (Å²) < 4.78 is 27.6. The van der Waals surface area contributed by atoms with E-state index in [1.165, 1.54) is 0 Å². The summed E-state index contributed by atoms with van der Waals surface area (Å²) >= 11 is 3.39. The second-order valence-corrected chi connectivity index (χ2v) is 7.32. The van der Waals surface area contributed by atoms with Gasteiger partial charge < -0.3 is 5.32 Å². The van der Waals surface area contributed by atoms with Gasteiger partial charge in [0.25, 0.3) is 0 Å². The molecule has 1 aliphatic rings. The molecule has 0 unspecified atom stereocenters. The molecule has 4 nitrogen and oxygen atoms in total. The first-order chi connectivity index (χ1) is 8.43. The minimum Gasteiger partial charge on any atom is -0.314 e. The summed E-state index contributed by atoms with van der Waals surface area (Å²) in [5.74, 6) is 0. The van der Waals surface area contributed by atoms with Gasteiger partial charge in [0, 0.05) is 30.1 Å². The summed E-state index contributed by atoms with van der Waals surface area (Å²) in [5, 5.41) is 3.19. The van der Waals surface area contributed by atoms with Crippen LogP contribution in [0.4, 0.5) is 0 Å². The molecule has 108 valence electrons. The van der Waals surface area contributed by atoms with Gasteiger partial charge in [-0.1, -0.05) is 15.9 Å². The lowest BCUT2D eigenvalue weighted by atomic mass is 10.2. The molecule has 1 N–H and O–H groups in total. The Hall–Kier alpha value is -0.140. The van der Waals surface area contributed by atoms with Crippen LogP contribution < -0.4 is 5.32 Å². The molecule has 1 fully saturated rings. The maximum Gasteiger partial charge on any atom is 0.243 e. The Morgan fingerprint density at radius 2 is 2.11 bits per heavy atom. The molecular formula is C12H18BrClN2O2S. The molecule has 2 rings (SSSR count). The smallest absolute Gasteiger partial charge is 0.243 e. The highest BCUT2D eigenvalue weighted by molar-refractivity contribution is 9.10. The molecule has 0 saturated carbocycles. The van der Waals surface area contributed by atoms with Crippen molar-refractivity contribution < 1.29 is 8.42 Å². The lowest BCUT2D eigenvalue weighted by Gasteiger charge is -2.32. The third-order valence-corrected chi connectivity index (χ3v) is 6.08. The predicted octanol–water partition coefficient (Wildman–Crippen LogP) is 2.16. The van der Waals surface area contributed by atoms with Crippen LogP contribution >= 0.6 is 28.3 Å². The highest BCUT2D eigenvalue weighted by Gasteiger charge is 2.30. The molecule has 1 atom stereocenters. The third kappa shape index (κ3) is 3.49. The lowest BCUT2D eigenvalue weighted by molar-refractivity contribution is 0.284. The van der Waals surface area contributed by atoms with Gasteiger partial charge in [-0.3, -0.25) is 0 Å². The number of halogens is 2. The van der Waals surface area contributed by atoms with Crippen LogP contribution in [0.25, 0.3) is 0 Å². The van der Waals surface area contributed by atoms with Gasteiger partial charge in [-0.2, -0.15) is 4.31 Å². The summed E-state index contributed by atoms with van der Waals surface area (Å²) in [6, 6.07) is 5.15. The van der Waals surface area contributed by atoms with Gasteiger partial charge in [-0.25, -0.2) is 8.42 Å².